The molecular weight excluding hydrogens is 284 g/mol. The molecule has 1 aromatic rings. The number of thioether (sulfide) groups is 1. The summed E-state index contributed by atoms with van der Waals surface area (Å²) in [6, 6.07) is 8.07. The molecule has 0 radical (unpaired) electrons. The van der Waals surface area contributed by atoms with Gasteiger partial charge in [0.2, 0.25) is 0 Å². The smallest absolute Gasteiger partial charge is 0.0637 e. The van der Waals surface area contributed by atoms with E-state index in [0.29, 0.717) is 0 Å². The van der Waals surface area contributed by atoms with Gasteiger partial charge in [-0.25, -0.2) is 0 Å². The van der Waals surface area contributed by atoms with Gasteiger partial charge >= 0.3 is 0 Å². The zero-order valence-electron chi connectivity index (χ0n) is 9.45. The summed E-state index contributed by atoms with van der Waals surface area (Å²) in [5, 5.41) is 9.77. The Morgan fingerprint density at radius 3 is 2.81 bits per heavy atom. The topological polar surface area (TPSA) is 20.2 Å². The van der Waals surface area contributed by atoms with Crippen molar-refractivity contribution < 1.29 is 5.11 Å². The van der Waals surface area contributed by atoms with E-state index < -0.39 is 0 Å². The van der Waals surface area contributed by atoms with Gasteiger partial charge in [0.15, 0.2) is 0 Å². The van der Waals surface area contributed by atoms with Crippen LogP contribution in [0, 0.1) is 0 Å². The van der Waals surface area contributed by atoms with E-state index in [0.717, 1.165) is 28.6 Å². The fraction of sp³-hybridized carbons (Fsp3) is 0.385. The second-order valence-corrected chi connectivity index (χ2v) is 5.81. The van der Waals surface area contributed by atoms with Crippen LogP contribution in [0.1, 0.15) is 19.8 Å². The Balaban J connectivity index is 2.34. The first-order valence-electron chi connectivity index (χ1n) is 5.29. The lowest BCUT2D eigenvalue weighted by molar-refractivity contribution is 0.189. The minimum Gasteiger partial charge on any atom is -0.392 e. The van der Waals surface area contributed by atoms with Gasteiger partial charge in [0, 0.05) is 15.1 Å². The van der Waals surface area contributed by atoms with Crippen LogP contribution in [0.4, 0.5) is 0 Å². The molecule has 0 heterocycles. The predicted octanol–water partition coefficient (Wildman–Crippen LogP) is 4.26. The molecule has 0 spiro atoms. The lowest BCUT2D eigenvalue weighted by atomic mass is 10.1. The standard InChI is InChI=1S/C13H17BrOS/c1-10(2)7-8-11(15)9-16-13-6-4-3-5-12(13)14/h3-6,11,15H,1,7-9H2,2H3. The van der Waals surface area contributed by atoms with E-state index in [1.54, 1.807) is 11.8 Å². The van der Waals surface area contributed by atoms with Crippen molar-refractivity contribution in [3.63, 3.8) is 0 Å². The molecule has 1 atom stereocenters. The number of rotatable bonds is 6. The number of aliphatic hydroxyl groups excluding tert-OH is 1. The molecule has 3 heteroatoms. The van der Waals surface area contributed by atoms with Crippen LogP contribution < -0.4 is 0 Å². The zero-order chi connectivity index (χ0) is 12.0. The molecule has 1 rings (SSSR count). The Hall–Kier alpha value is -0.250. The second-order valence-electron chi connectivity index (χ2n) is 3.89. The normalized spacial score (nSPS) is 12.4. The summed E-state index contributed by atoms with van der Waals surface area (Å²) in [5.41, 5.74) is 1.13. The molecule has 16 heavy (non-hydrogen) atoms. The van der Waals surface area contributed by atoms with Gasteiger partial charge in [0.25, 0.3) is 0 Å². The monoisotopic (exact) mass is 300 g/mol. The highest BCUT2D eigenvalue weighted by molar-refractivity contribution is 9.10. The quantitative estimate of drug-likeness (QED) is 0.626. The van der Waals surface area contributed by atoms with Crippen LogP contribution in [-0.2, 0) is 0 Å². The summed E-state index contributed by atoms with van der Waals surface area (Å²) in [4.78, 5) is 1.18. The third-order valence-electron chi connectivity index (χ3n) is 2.17. The second kappa shape index (κ2) is 7.15. The van der Waals surface area contributed by atoms with E-state index in [9.17, 15) is 5.11 Å². The van der Waals surface area contributed by atoms with E-state index in [4.69, 9.17) is 0 Å². The van der Waals surface area contributed by atoms with Crippen molar-refractivity contribution in [2.45, 2.75) is 30.8 Å². The highest BCUT2D eigenvalue weighted by Gasteiger charge is 2.06. The Morgan fingerprint density at radius 2 is 2.19 bits per heavy atom. The van der Waals surface area contributed by atoms with E-state index in [1.807, 2.05) is 25.1 Å². The Kier molecular flexibility index (Phi) is 6.17. The van der Waals surface area contributed by atoms with Gasteiger partial charge < -0.3 is 5.11 Å². The first kappa shape index (κ1) is 13.8. The van der Waals surface area contributed by atoms with E-state index in [2.05, 4.69) is 28.6 Å². The lowest BCUT2D eigenvalue weighted by Crippen LogP contribution is -2.09. The van der Waals surface area contributed by atoms with Crippen molar-refractivity contribution in [1.82, 2.24) is 0 Å². The Labute approximate surface area is 110 Å². The summed E-state index contributed by atoms with van der Waals surface area (Å²) >= 11 is 5.17. The van der Waals surface area contributed by atoms with Crippen LogP contribution in [0.5, 0.6) is 0 Å². The first-order valence-corrected chi connectivity index (χ1v) is 7.07. The number of hydrogen-bond acceptors (Lipinski definition) is 2. The van der Waals surface area contributed by atoms with Gasteiger partial charge in [0.05, 0.1) is 6.10 Å². The maximum atomic E-state index is 9.77. The number of allylic oxidation sites excluding steroid dienone is 1. The number of benzene rings is 1. The van der Waals surface area contributed by atoms with Gasteiger partial charge in [-0.15, -0.1) is 18.3 Å². The van der Waals surface area contributed by atoms with Crippen molar-refractivity contribution in [3.05, 3.63) is 40.9 Å². The third-order valence-corrected chi connectivity index (χ3v) is 4.34. The van der Waals surface area contributed by atoms with Crippen molar-refractivity contribution in [1.29, 1.82) is 0 Å². The van der Waals surface area contributed by atoms with Crippen LogP contribution in [0.3, 0.4) is 0 Å². The summed E-state index contributed by atoms with van der Waals surface area (Å²) < 4.78 is 1.09. The van der Waals surface area contributed by atoms with Crippen molar-refractivity contribution in [2.75, 3.05) is 5.75 Å². The van der Waals surface area contributed by atoms with Crippen LogP contribution in [-0.4, -0.2) is 17.0 Å². The maximum Gasteiger partial charge on any atom is 0.0637 e. The molecule has 1 unspecified atom stereocenters. The van der Waals surface area contributed by atoms with Crippen LogP contribution >= 0.6 is 27.7 Å². The fourth-order valence-corrected chi connectivity index (χ4v) is 2.79. The van der Waals surface area contributed by atoms with Crippen LogP contribution in [0.25, 0.3) is 0 Å². The molecule has 0 aliphatic heterocycles. The summed E-state index contributed by atoms with van der Waals surface area (Å²) in [6.07, 6.45) is 1.44. The lowest BCUT2D eigenvalue weighted by Gasteiger charge is -2.10. The van der Waals surface area contributed by atoms with Crippen molar-refractivity contribution in [3.8, 4) is 0 Å². The van der Waals surface area contributed by atoms with Crippen molar-refractivity contribution in [2.24, 2.45) is 0 Å². The maximum absolute atomic E-state index is 9.77. The summed E-state index contributed by atoms with van der Waals surface area (Å²) in [6.45, 7) is 5.83. The third kappa shape index (κ3) is 5.19. The first-order chi connectivity index (χ1) is 7.59. The van der Waals surface area contributed by atoms with Crippen molar-refractivity contribution >= 4 is 27.7 Å². The predicted molar refractivity (Wildman–Crippen MR) is 74.9 cm³/mol. The number of hydrogen-bond donors (Lipinski definition) is 1. The number of aliphatic hydroxyl groups is 1. The van der Waals surface area contributed by atoms with Gasteiger partial charge in [0.1, 0.15) is 0 Å². The molecular formula is C13H17BrOS. The molecule has 0 aliphatic carbocycles. The largest absolute Gasteiger partial charge is 0.392 e. The van der Waals surface area contributed by atoms with Gasteiger partial charge in [-0.1, -0.05) is 17.7 Å². The molecule has 0 aliphatic rings. The Bertz CT molecular complexity index is 352. The van der Waals surface area contributed by atoms with E-state index in [1.165, 1.54) is 4.90 Å². The van der Waals surface area contributed by atoms with Gasteiger partial charge in [-0.05, 0) is 47.8 Å². The highest BCUT2D eigenvalue weighted by atomic mass is 79.9. The van der Waals surface area contributed by atoms with Gasteiger partial charge in [-0.2, -0.15) is 0 Å². The van der Waals surface area contributed by atoms with Crippen LogP contribution in [0.2, 0.25) is 0 Å². The molecule has 0 aromatic heterocycles. The minimum absolute atomic E-state index is 0.256. The van der Waals surface area contributed by atoms with E-state index >= 15 is 0 Å². The fourth-order valence-electron chi connectivity index (χ4n) is 1.24. The average molecular weight is 301 g/mol. The molecule has 1 aromatic carbocycles. The molecule has 0 saturated carbocycles. The van der Waals surface area contributed by atoms with E-state index in [-0.39, 0.29) is 6.10 Å². The average Bonchev–Trinajstić information content (AvgIpc) is 2.25. The summed E-state index contributed by atoms with van der Waals surface area (Å²) in [7, 11) is 0. The highest BCUT2D eigenvalue weighted by Crippen LogP contribution is 2.28. The Morgan fingerprint density at radius 1 is 1.50 bits per heavy atom. The molecule has 0 saturated heterocycles. The number of halogens is 1. The SMILES string of the molecule is C=C(C)CCC(O)CSc1ccccc1Br. The molecule has 0 amide bonds. The van der Waals surface area contributed by atoms with Gasteiger partial charge in [-0.3, -0.25) is 0 Å². The molecule has 0 fully saturated rings. The molecule has 1 N–H and O–H groups in total. The van der Waals surface area contributed by atoms with Crippen LogP contribution in [0.15, 0.2) is 45.8 Å². The zero-order valence-corrected chi connectivity index (χ0v) is 11.9. The minimum atomic E-state index is -0.256. The molecule has 1 nitrogen and oxygen atoms in total. The molecule has 88 valence electrons. The summed E-state index contributed by atoms with van der Waals surface area (Å²) in [5.74, 6) is 0.732. The molecule has 0 bridgehead atoms.